The maximum atomic E-state index is 12.4. The summed E-state index contributed by atoms with van der Waals surface area (Å²) >= 11 is 6.16. The van der Waals surface area contributed by atoms with Gasteiger partial charge in [0.05, 0.1) is 10.7 Å². The molecule has 1 aliphatic rings. The number of fused-ring (bicyclic) bond motifs is 1. The summed E-state index contributed by atoms with van der Waals surface area (Å²) in [7, 11) is 1.74. The third kappa shape index (κ3) is 2.68. The van der Waals surface area contributed by atoms with Crippen LogP contribution in [0.25, 0.3) is 0 Å². The quantitative estimate of drug-likeness (QED) is 0.927. The van der Waals surface area contributed by atoms with Gasteiger partial charge in [0.1, 0.15) is 5.69 Å². The van der Waals surface area contributed by atoms with Crippen molar-refractivity contribution in [3.05, 3.63) is 51.8 Å². The van der Waals surface area contributed by atoms with Gasteiger partial charge < -0.3 is 5.32 Å². The maximum Gasteiger partial charge on any atom is 0.271 e. The molecule has 1 amide bonds. The minimum atomic E-state index is -0.146. The molecule has 3 rings (SSSR count). The van der Waals surface area contributed by atoms with Crippen molar-refractivity contribution >= 4 is 17.5 Å². The Hall–Kier alpha value is -1.81. The average Bonchev–Trinajstić information content (AvgIpc) is 2.72. The number of hydrogen-bond donors (Lipinski definition) is 1. The Morgan fingerprint density at radius 3 is 2.76 bits per heavy atom. The third-order valence-corrected chi connectivity index (χ3v) is 4.50. The van der Waals surface area contributed by atoms with E-state index < -0.39 is 0 Å². The van der Waals surface area contributed by atoms with Gasteiger partial charge in [0.2, 0.25) is 0 Å². The SMILES string of the molecule is Cc1nn(C)c(C(=O)NC2CCc3ccccc3C2)c1Cl. The topological polar surface area (TPSA) is 46.9 Å². The highest BCUT2D eigenvalue weighted by atomic mass is 35.5. The van der Waals surface area contributed by atoms with E-state index in [2.05, 4.69) is 28.6 Å². The Bertz CT molecular complexity index is 693. The molecular formula is C16H18ClN3O. The Labute approximate surface area is 129 Å². The van der Waals surface area contributed by atoms with E-state index in [0.29, 0.717) is 16.4 Å². The first kappa shape index (κ1) is 14.1. The second-order valence-electron chi connectivity index (χ2n) is 5.55. The monoisotopic (exact) mass is 303 g/mol. The number of benzene rings is 1. The molecule has 0 spiro atoms. The van der Waals surface area contributed by atoms with Gasteiger partial charge in [0.15, 0.2) is 0 Å². The zero-order valence-corrected chi connectivity index (χ0v) is 12.9. The van der Waals surface area contributed by atoms with E-state index in [-0.39, 0.29) is 11.9 Å². The van der Waals surface area contributed by atoms with Crippen molar-refractivity contribution in [2.45, 2.75) is 32.2 Å². The second-order valence-corrected chi connectivity index (χ2v) is 5.93. The Morgan fingerprint density at radius 1 is 1.38 bits per heavy atom. The molecule has 1 aromatic carbocycles. The molecule has 0 aliphatic heterocycles. The van der Waals surface area contributed by atoms with Crippen LogP contribution in [0.3, 0.4) is 0 Å². The molecule has 4 nitrogen and oxygen atoms in total. The van der Waals surface area contributed by atoms with Gasteiger partial charge in [0, 0.05) is 13.1 Å². The van der Waals surface area contributed by atoms with Crippen molar-refractivity contribution in [3.8, 4) is 0 Å². The summed E-state index contributed by atoms with van der Waals surface area (Å²) < 4.78 is 1.55. The van der Waals surface area contributed by atoms with E-state index in [1.165, 1.54) is 11.1 Å². The van der Waals surface area contributed by atoms with Crippen LogP contribution in [0.1, 0.15) is 33.7 Å². The van der Waals surface area contributed by atoms with Crippen molar-refractivity contribution in [2.24, 2.45) is 7.05 Å². The average molecular weight is 304 g/mol. The van der Waals surface area contributed by atoms with Gasteiger partial charge in [-0.25, -0.2) is 0 Å². The van der Waals surface area contributed by atoms with E-state index in [0.717, 1.165) is 19.3 Å². The van der Waals surface area contributed by atoms with E-state index in [1.807, 2.05) is 6.07 Å². The first-order valence-electron chi connectivity index (χ1n) is 7.13. The molecule has 0 fully saturated rings. The van der Waals surface area contributed by atoms with Crippen LogP contribution in [-0.2, 0) is 19.9 Å². The van der Waals surface area contributed by atoms with Gasteiger partial charge in [-0.2, -0.15) is 5.10 Å². The fraction of sp³-hybridized carbons (Fsp3) is 0.375. The minimum Gasteiger partial charge on any atom is -0.348 e. The van der Waals surface area contributed by atoms with Crippen LogP contribution >= 0.6 is 11.6 Å². The number of amides is 1. The van der Waals surface area contributed by atoms with Crippen LogP contribution in [-0.4, -0.2) is 21.7 Å². The third-order valence-electron chi connectivity index (χ3n) is 4.05. The number of hydrogen-bond acceptors (Lipinski definition) is 2. The van der Waals surface area contributed by atoms with Crippen molar-refractivity contribution in [3.63, 3.8) is 0 Å². The summed E-state index contributed by atoms with van der Waals surface area (Å²) in [4.78, 5) is 12.4. The number of aromatic nitrogens is 2. The second kappa shape index (κ2) is 5.53. The number of rotatable bonds is 2. The largest absolute Gasteiger partial charge is 0.348 e. The number of halogens is 1. The molecule has 2 aromatic rings. The fourth-order valence-corrected chi connectivity index (χ4v) is 3.20. The van der Waals surface area contributed by atoms with Crippen LogP contribution in [0.15, 0.2) is 24.3 Å². The highest BCUT2D eigenvalue weighted by molar-refractivity contribution is 6.34. The van der Waals surface area contributed by atoms with E-state index >= 15 is 0 Å². The molecular weight excluding hydrogens is 286 g/mol. The lowest BCUT2D eigenvalue weighted by Gasteiger charge is -2.25. The van der Waals surface area contributed by atoms with Crippen LogP contribution in [0.5, 0.6) is 0 Å². The van der Waals surface area contributed by atoms with E-state index in [9.17, 15) is 4.79 Å². The van der Waals surface area contributed by atoms with Gasteiger partial charge in [-0.3, -0.25) is 9.48 Å². The summed E-state index contributed by atoms with van der Waals surface area (Å²) in [5, 5.41) is 7.71. The minimum absolute atomic E-state index is 0.146. The van der Waals surface area contributed by atoms with Crippen molar-refractivity contribution in [1.29, 1.82) is 0 Å². The predicted molar refractivity (Wildman–Crippen MR) is 82.7 cm³/mol. The van der Waals surface area contributed by atoms with Gasteiger partial charge in [-0.05, 0) is 37.3 Å². The molecule has 110 valence electrons. The number of carbonyl (C=O) groups excluding carboxylic acids is 1. The van der Waals surface area contributed by atoms with Crippen LogP contribution in [0.4, 0.5) is 0 Å². The number of nitrogens with zero attached hydrogens (tertiary/aromatic N) is 2. The van der Waals surface area contributed by atoms with Crippen LogP contribution in [0, 0.1) is 6.92 Å². The van der Waals surface area contributed by atoms with Gasteiger partial charge in [-0.15, -0.1) is 0 Å². The molecule has 0 saturated carbocycles. The van der Waals surface area contributed by atoms with Gasteiger partial charge in [0.25, 0.3) is 5.91 Å². The maximum absolute atomic E-state index is 12.4. The number of carbonyl (C=O) groups is 1. The van der Waals surface area contributed by atoms with Gasteiger partial charge >= 0.3 is 0 Å². The molecule has 1 heterocycles. The molecule has 1 unspecified atom stereocenters. The van der Waals surface area contributed by atoms with Crippen LogP contribution in [0.2, 0.25) is 5.02 Å². The predicted octanol–water partition coefficient (Wildman–Crippen LogP) is 2.67. The summed E-state index contributed by atoms with van der Waals surface area (Å²) in [6, 6.07) is 8.56. The fourth-order valence-electron chi connectivity index (χ4n) is 2.95. The first-order chi connectivity index (χ1) is 10.1. The molecule has 1 aliphatic carbocycles. The van der Waals surface area contributed by atoms with Crippen molar-refractivity contribution in [2.75, 3.05) is 0 Å². The highest BCUT2D eigenvalue weighted by Gasteiger charge is 2.24. The lowest BCUT2D eigenvalue weighted by molar-refractivity contribution is 0.0924. The number of aryl methyl sites for hydroxylation is 3. The van der Waals surface area contributed by atoms with E-state index in [4.69, 9.17) is 11.6 Å². The summed E-state index contributed by atoms with van der Waals surface area (Å²) in [5.41, 5.74) is 3.82. The first-order valence-corrected chi connectivity index (χ1v) is 7.51. The Kier molecular flexibility index (Phi) is 3.72. The highest BCUT2D eigenvalue weighted by Crippen LogP contribution is 2.23. The molecule has 0 saturated heterocycles. The van der Waals surface area contributed by atoms with Crippen LogP contribution < -0.4 is 5.32 Å². The molecule has 5 heteroatoms. The Balaban J connectivity index is 1.75. The lowest BCUT2D eigenvalue weighted by atomic mass is 9.88. The molecule has 21 heavy (non-hydrogen) atoms. The molecule has 1 atom stereocenters. The summed E-state index contributed by atoms with van der Waals surface area (Å²) in [6.07, 6.45) is 2.83. The standard InChI is InChI=1S/C16H18ClN3O/c1-10-14(17)15(20(2)19-10)16(21)18-13-8-7-11-5-3-4-6-12(11)9-13/h3-6,13H,7-9H2,1-2H3,(H,18,21). The zero-order valence-electron chi connectivity index (χ0n) is 12.2. The normalized spacial score (nSPS) is 17.4. The summed E-state index contributed by atoms with van der Waals surface area (Å²) in [6.45, 7) is 1.80. The molecule has 0 bridgehead atoms. The lowest BCUT2D eigenvalue weighted by Crippen LogP contribution is -2.39. The molecule has 1 aromatic heterocycles. The molecule has 0 radical (unpaired) electrons. The number of nitrogens with one attached hydrogen (secondary N) is 1. The van der Waals surface area contributed by atoms with Gasteiger partial charge in [-0.1, -0.05) is 35.9 Å². The zero-order chi connectivity index (χ0) is 15.0. The molecule has 1 N–H and O–H groups in total. The van der Waals surface area contributed by atoms with E-state index in [1.54, 1.807) is 18.7 Å². The Morgan fingerprint density at radius 2 is 2.10 bits per heavy atom. The smallest absolute Gasteiger partial charge is 0.271 e. The van der Waals surface area contributed by atoms with Crippen molar-refractivity contribution < 1.29 is 4.79 Å². The van der Waals surface area contributed by atoms with Crippen molar-refractivity contribution in [1.82, 2.24) is 15.1 Å². The summed E-state index contributed by atoms with van der Waals surface area (Å²) in [5.74, 6) is -0.146.